The van der Waals surface area contributed by atoms with Crippen molar-refractivity contribution in [3.63, 3.8) is 0 Å². The van der Waals surface area contributed by atoms with Gasteiger partial charge in [-0.1, -0.05) is 6.42 Å². The van der Waals surface area contributed by atoms with Crippen molar-refractivity contribution in [2.75, 3.05) is 14.2 Å². The first-order valence-corrected chi connectivity index (χ1v) is 9.60. The van der Waals surface area contributed by atoms with Crippen LogP contribution in [0.4, 0.5) is 0 Å². The molecule has 0 spiro atoms. The first-order valence-electron chi connectivity index (χ1n) is 9.60. The van der Waals surface area contributed by atoms with E-state index < -0.39 is 0 Å². The number of carbonyl (C=O) groups excluding carboxylic acids is 2. The van der Waals surface area contributed by atoms with Crippen molar-refractivity contribution in [1.29, 1.82) is 0 Å². The van der Waals surface area contributed by atoms with E-state index in [0.717, 1.165) is 30.5 Å². The Balaban J connectivity index is 1.61. The van der Waals surface area contributed by atoms with Gasteiger partial charge in [-0.25, -0.2) is 4.98 Å². The van der Waals surface area contributed by atoms with E-state index in [4.69, 9.17) is 9.47 Å². The van der Waals surface area contributed by atoms with Crippen molar-refractivity contribution < 1.29 is 19.1 Å². The molecule has 1 aliphatic rings. The van der Waals surface area contributed by atoms with Gasteiger partial charge in [-0.2, -0.15) is 0 Å². The molecule has 154 valence electrons. The summed E-state index contributed by atoms with van der Waals surface area (Å²) in [5.74, 6) is 0.693. The summed E-state index contributed by atoms with van der Waals surface area (Å²) in [5.41, 5.74) is 1.82. The molecule has 1 saturated carbocycles. The molecule has 2 atom stereocenters. The van der Waals surface area contributed by atoms with Crippen LogP contribution in [-0.4, -0.2) is 42.0 Å². The van der Waals surface area contributed by atoms with E-state index in [9.17, 15) is 9.59 Å². The van der Waals surface area contributed by atoms with Crippen molar-refractivity contribution in [3.8, 4) is 11.5 Å². The molecule has 1 aromatic heterocycles. The van der Waals surface area contributed by atoms with Crippen LogP contribution in [-0.2, 0) is 11.3 Å². The van der Waals surface area contributed by atoms with Crippen molar-refractivity contribution in [3.05, 3.63) is 47.5 Å². The number of ether oxygens (including phenoxy) is 2. The molecular formula is C21H26N4O4. The molecule has 2 N–H and O–H groups in total. The Kier molecular flexibility index (Phi) is 6.64. The first kappa shape index (κ1) is 20.6. The Morgan fingerprint density at radius 3 is 2.66 bits per heavy atom. The van der Waals surface area contributed by atoms with Crippen molar-refractivity contribution in [2.24, 2.45) is 5.92 Å². The second-order valence-corrected chi connectivity index (χ2v) is 7.06. The van der Waals surface area contributed by atoms with Crippen LogP contribution < -0.4 is 20.1 Å². The summed E-state index contributed by atoms with van der Waals surface area (Å²) < 4.78 is 10.6. The van der Waals surface area contributed by atoms with Gasteiger partial charge in [0.25, 0.3) is 5.91 Å². The molecule has 1 aliphatic carbocycles. The fraction of sp³-hybridized carbons (Fsp3) is 0.429. The van der Waals surface area contributed by atoms with Crippen molar-refractivity contribution >= 4 is 11.8 Å². The van der Waals surface area contributed by atoms with E-state index in [-0.39, 0.29) is 29.5 Å². The highest BCUT2D eigenvalue weighted by Crippen LogP contribution is 2.27. The molecule has 0 unspecified atom stereocenters. The van der Waals surface area contributed by atoms with Gasteiger partial charge in [-0.15, -0.1) is 0 Å². The largest absolute Gasteiger partial charge is 0.497 e. The minimum Gasteiger partial charge on any atom is -0.497 e. The highest BCUT2D eigenvalue weighted by molar-refractivity contribution is 5.92. The van der Waals surface area contributed by atoms with Crippen molar-refractivity contribution in [2.45, 2.75) is 38.8 Å². The Morgan fingerprint density at radius 2 is 1.97 bits per heavy atom. The van der Waals surface area contributed by atoms with Gasteiger partial charge in [0.05, 0.1) is 32.0 Å². The normalized spacial score (nSPS) is 18.2. The molecule has 2 amide bonds. The second-order valence-electron chi connectivity index (χ2n) is 7.06. The van der Waals surface area contributed by atoms with Crippen LogP contribution in [0.1, 0.15) is 41.0 Å². The zero-order valence-electron chi connectivity index (χ0n) is 16.9. The number of amides is 2. The van der Waals surface area contributed by atoms with Crippen LogP contribution in [0.15, 0.2) is 30.6 Å². The van der Waals surface area contributed by atoms with Gasteiger partial charge < -0.3 is 20.1 Å². The second kappa shape index (κ2) is 9.36. The smallest absolute Gasteiger partial charge is 0.271 e. The fourth-order valence-corrected chi connectivity index (χ4v) is 3.53. The molecular weight excluding hydrogens is 372 g/mol. The molecule has 1 fully saturated rings. The van der Waals surface area contributed by atoms with Crippen LogP contribution >= 0.6 is 0 Å². The van der Waals surface area contributed by atoms with E-state index >= 15 is 0 Å². The number of hydrogen-bond donors (Lipinski definition) is 2. The molecule has 0 bridgehead atoms. The summed E-state index contributed by atoms with van der Waals surface area (Å²) in [7, 11) is 3.18. The monoisotopic (exact) mass is 398 g/mol. The predicted molar refractivity (Wildman–Crippen MR) is 107 cm³/mol. The average Bonchev–Trinajstić information content (AvgIpc) is 3.20. The molecule has 29 heavy (non-hydrogen) atoms. The molecule has 8 heteroatoms. The highest BCUT2D eigenvalue weighted by Gasteiger charge is 2.34. The van der Waals surface area contributed by atoms with E-state index in [1.807, 2.05) is 19.1 Å². The highest BCUT2D eigenvalue weighted by atomic mass is 16.5. The maximum atomic E-state index is 12.8. The lowest BCUT2D eigenvalue weighted by atomic mass is 10.0. The number of benzene rings is 1. The number of aromatic nitrogens is 2. The summed E-state index contributed by atoms with van der Waals surface area (Å²) in [6.45, 7) is 2.13. The van der Waals surface area contributed by atoms with Gasteiger partial charge in [0.1, 0.15) is 17.2 Å². The number of carbonyl (C=O) groups is 2. The third-order valence-electron chi connectivity index (χ3n) is 5.12. The maximum Gasteiger partial charge on any atom is 0.271 e. The number of methoxy groups -OCH3 is 2. The topological polar surface area (TPSA) is 102 Å². The van der Waals surface area contributed by atoms with Crippen LogP contribution in [0.25, 0.3) is 0 Å². The van der Waals surface area contributed by atoms with E-state index in [0.29, 0.717) is 18.0 Å². The summed E-state index contributed by atoms with van der Waals surface area (Å²) >= 11 is 0. The number of hydrogen-bond acceptors (Lipinski definition) is 6. The number of nitrogens with zero attached hydrogens (tertiary/aromatic N) is 2. The Morgan fingerprint density at radius 1 is 1.14 bits per heavy atom. The molecule has 1 heterocycles. The molecule has 1 aromatic carbocycles. The molecule has 0 aliphatic heterocycles. The van der Waals surface area contributed by atoms with Gasteiger partial charge in [-0.3, -0.25) is 14.6 Å². The van der Waals surface area contributed by atoms with Crippen LogP contribution in [0.2, 0.25) is 0 Å². The third-order valence-corrected chi connectivity index (χ3v) is 5.12. The number of nitrogens with one attached hydrogen (secondary N) is 2. The Hall–Kier alpha value is -3.16. The zero-order chi connectivity index (χ0) is 20.8. The predicted octanol–water partition coefficient (Wildman–Crippen LogP) is 2.02. The van der Waals surface area contributed by atoms with Crippen LogP contribution in [0.3, 0.4) is 0 Å². The number of aryl methyl sites for hydroxylation is 1. The fourth-order valence-electron chi connectivity index (χ4n) is 3.53. The lowest BCUT2D eigenvalue weighted by molar-refractivity contribution is -0.125. The van der Waals surface area contributed by atoms with Gasteiger partial charge in [0.15, 0.2) is 0 Å². The molecule has 3 rings (SSSR count). The maximum absolute atomic E-state index is 12.8. The minimum atomic E-state index is -0.309. The minimum absolute atomic E-state index is 0.0901. The van der Waals surface area contributed by atoms with Crippen LogP contribution in [0, 0.1) is 12.8 Å². The van der Waals surface area contributed by atoms with E-state index in [1.54, 1.807) is 26.5 Å². The van der Waals surface area contributed by atoms with Gasteiger partial charge >= 0.3 is 0 Å². The molecule has 2 aromatic rings. The molecule has 0 saturated heterocycles. The first-order chi connectivity index (χ1) is 14.0. The summed E-state index contributed by atoms with van der Waals surface area (Å²) in [4.78, 5) is 33.4. The van der Waals surface area contributed by atoms with E-state index in [2.05, 4.69) is 20.6 Å². The standard InChI is InChI=1S/C21H26N4O4/c1-13-10-23-18(12-22-13)21(27)25-17-6-4-5-16(17)20(26)24-11-14-9-15(28-2)7-8-19(14)29-3/h7-10,12,16-17H,4-6,11H2,1-3H3,(H,24,26)(H,25,27)/t16-,17+/m0/s1. The quantitative estimate of drug-likeness (QED) is 0.740. The zero-order valence-corrected chi connectivity index (χ0v) is 16.9. The third kappa shape index (κ3) is 5.01. The summed E-state index contributed by atoms with van der Waals surface area (Å²) in [5, 5.41) is 5.90. The van der Waals surface area contributed by atoms with Gasteiger partial charge in [0.2, 0.25) is 5.91 Å². The Bertz CT molecular complexity index is 869. The lowest BCUT2D eigenvalue weighted by Crippen LogP contribution is -2.44. The number of rotatable bonds is 7. The molecule has 8 nitrogen and oxygen atoms in total. The summed E-state index contributed by atoms with van der Waals surface area (Å²) in [6, 6.07) is 5.23. The molecule has 0 radical (unpaired) electrons. The van der Waals surface area contributed by atoms with E-state index in [1.165, 1.54) is 6.20 Å². The van der Waals surface area contributed by atoms with Gasteiger partial charge in [0, 0.05) is 24.3 Å². The Labute approximate surface area is 170 Å². The van der Waals surface area contributed by atoms with Crippen LogP contribution in [0.5, 0.6) is 11.5 Å². The lowest BCUT2D eigenvalue weighted by Gasteiger charge is -2.21. The van der Waals surface area contributed by atoms with Gasteiger partial charge in [-0.05, 0) is 38.0 Å². The van der Waals surface area contributed by atoms with Crippen molar-refractivity contribution in [1.82, 2.24) is 20.6 Å². The average molecular weight is 398 g/mol. The SMILES string of the molecule is COc1ccc(OC)c(CNC(=O)[C@H]2CCC[C@H]2NC(=O)c2cnc(C)cn2)c1. The summed E-state index contributed by atoms with van der Waals surface area (Å²) in [6.07, 6.45) is 5.36.